The molecule has 14 heavy (non-hydrogen) atoms. The summed E-state index contributed by atoms with van der Waals surface area (Å²) in [7, 11) is 0. The normalized spacial score (nSPS) is 16.3. The van der Waals surface area contributed by atoms with Crippen LogP contribution in [0, 0.1) is 17.3 Å². The summed E-state index contributed by atoms with van der Waals surface area (Å²) in [5.74, 6) is 1.68. The predicted molar refractivity (Wildman–Crippen MR) is 66.5 cm³/mol. The highest BCUT2D eigenvalue weighted by molar-refractivity contribution is 4.78. The van der Waals surface area contributed by atoms with Crippen molar-refractivity contribution in [3.8, 4) is 0 Å². The first kappa shape index (κ1) is 14.0. The second-order valence-corrected chi connectivity index (χ2v) is 5.84. The van der Waals surface area contributed by atoms with E-state index in [9.17, 15) is 0 Å². The number of hydrogen-bond donors (Lipinski definition) is 0. The SMILES string of the molecule is CCCCC(C)(CCC(C)C)C(C)C. The number of rotatable bonds is 7. The van der Waals surface area contributed by atoms with Crippen molar-refractivity contribution in [1.29, 1.82) is 0 Å². The van der Waals surface area contributed by atoms with Gasteiger partial charge >= 0.3 is 0 Å². The molecular formula is C14H30. The van der Waals surface area contributed by atoms with Gasteiger partial charge in [-0.1, -0.05) is 60.8 Å². The van der Waals surface area contributed by atoms with Crippen molar-refractivity contribution in [1.82, 2.24) is 0 Å². The summed E-state index contributed by atoms with van der Waals surface area (Å²) in [5.41, 5.74) is 0.584. The van der Waals surface area contributed by atoms with Crippen molar-refractivity contribution in [2.45, 2.75) is 73.6 Å². The zero-order chi connectivity index (χ0) is 11.2. The smallest absolute Gasteiger partial charge is 0.0303 e. The van der Waals surface area contributed by atoms with Gasteiger partial charge in [-0.3, -0.25) is 0 Å². The van der Waals surface area contributed by atoms with Crippen LogP contribution in [0.3, 0.4) is 0 Å². The Morgan fingerprint density at radius 1 is 1.00 bits per heavy atom. The monoisotopic (exact) mass is 198 g/mol. The van der Waals surface area contributed by atoms with E-state index >= 15 is 0 Å². The minimum absolute atomic E-state index is 0.584. The maximum Gasteiger partial charge on any atom is -0.0303 e. The summed E-state index contributed by atoms with van der Waals surface area (Å²) in [5, 5.41) is 0. The molecule has 0 bridgehead atoms. The van der Waals surface area contributed by atoms with Crippen LogP contribution in [0.2, 0.25) is 0 Å². The fourth-order valence-corrected chi connectivity index (χ4v) is 1.90. The molecule has 86 valence electrons. The van der Waals surface area contributed by atoms with Gasteiger partial charge in [0, 0.05) is 0 Å². The molecule has 0 N–H and O–H groups in total. The second kappa shape index (κ2) is 6.48. The molecule has 0 radical (unpaired) electrons. The first-order valence-electron chi connectivity index (χ1n) is 6.42. The molecule has 0 aliphatic heterocycles. The van der Waals surface area contributed by atoms with Crippen LogP contribution in [0.15, 0.2) is 0 Å². The molecule has 0 rings (SSSR count). The summed E-state index contributed by atoms with van der Waals surface area (Å²) in [6.45, 7) is 14.2. The quantitative estimate of drug-likeness (QED) is 0.522. The van der Waals surface area contributed by atoms with Crippen molar-refractivity contribution in [3.05, 3.63) is 0 Å². The molecule has 0 saturated carbocycles. The Balaban J connectivity index is 4.10. The minimum atomic E-state index is 0.584. The average molecular weight is 198 g/mol. The van der Waals surface area contributed by atoms with Crippen molar-refractivity contribution in [2.75, 3.05) is 0 Å². The fraction of sp³-hybridized carbons (Fsp3) is 1.00. The maximum atomic E-state index is 2.48. The van der Waals surface area contributed by atoms with E-state index in [0.29, 0.717) is 5.41 Å². The molecule has 0 fully saturated rings. The van der Waals surface area contributed by atoms with Crippen molar-refractivity contribution < 1.29 is 0 Å². The van der Waals surface area contributed by atoms with Gasteiger partial charge in [-0.25, -0.2) is 0 Å². The van der Waals surface area contributed by atoms with Gasteiger partial charge in [0.15, 0.2) is 0 Å². The van der Waals surface area contributed by atoms with Crippen LogP contribution in [0.1, 0.15) is 73.6 Å². The van der Waals surface area contributed by atoms with Gasteiger partial charge in [-0.05, 0) is 30.1 Å². The molecule has 0 heterocycles. The van der Waals surface area contributed by atoms with E-state index in [1.165, 1.54) is 32.1 Å². The molecule has 0 saturated heterocycles. The molecule has 0 aromatic carbocycles. The predicted octanol–water partition coefficient (Wildman–Crippen LogP) is 5.28. The molecule has 0 aromatic heterocycles. The van der Waals surface area contributed by atoms with E-state index in [1.54, 1.807) is 0 Å². The van der Waals surface area contributed by atoms with Crippen LogP contribution in [-0.2, 0) is 0 Å². The molecule has 0 aliphatic carbocycles. The van der Waals surface area contributed by atoms with Crippen LogP contribution < -0.4 is 0 Å². The summed E-state index contributed by atoms with van der Waals surface area (Å²) >= 11 is 0. The van der Waals surface area contributed by atoms with Crippen LogP contribution in [0.4, 0.5) is 0 Å². The summed E-state index contributed by atoms with van der Waals surface area (Å²) in [6, 6.07) is 0. The van der Waals surface area contributed by atoms with E-state index in [4.69, 9.17) is 0 Å². The fourth-order valence-electron chi connectivity index (χ4n) is 1.90. The van der Waals surface area contributed by atoms with Crippen molar-refractivity contribution in [3.63, 3.8) is 0 Å². The number of hydrogen-bond acceptors (Lipinski definition) is 0. The van der Waals surface area contributed by atoms with Crippen LogP contribution in [-0.4, -0.2) is 0 Å². The molecule has 0 aliphatic rings. The Bertz CT molecular complexity index is 135. The zero-order valence-corrected chi connectivity index (χ0v) is 11.2. The van der Waals surface area contributed by atoms with Gasteiger partial charge in [0.1, 0.15) is 0 Å². The van der Waals surface area contributed by atoms with E-state index in [2.05, 4.69) is 41.5 Å². The second-order valence-electron chi connectivity index (χ2n) is 5.84. The van der Waals surface area contributed by atoms with Gasteiger partial charge in [-0.15, -0.1) is 0 Å². The maximum absolute atomic E-state index is 2.48. The van der Waals surface area contributed by atoms with Gasteiger partial charge in [0.2, 0.25) is 0 Å². The average Bonchev–Trinajstić information content (AvgIpc) is 2.11. The molecular weight excluding hydrogens is 168 g/mol. The van der Waals surface area contributed by atoms with E-state index in [1.807, 2.05) is 0 Å². The topological polar surface area (TPSA) is 0 Å². The summed E-state index contributed by atoms with van der Waals surface area (Å²) in [4.78, 5) is 0. The molecule has 0 spiro atoms. The Morgan fingerprint density at radius 3 is 1.93 bits per heavy atom. The molecule has 0 amide bonds. The first-order chi connectivity index (χ1) is 6.42. The van der Waals surface area contributed by atoms with Crippen LogP contribution >= 0.6 is 0 Å². The van der Waals surface area contributed by atoms with Crippen molar-refractivity contribution in [2.24, 2.45) is 17.3 Å². The molecule has 0 nitrogen and oxygen atoms in total. The first-order valence-corrected chi connectivity index (χ1v) is 6.42. The Morgan fingerprint density at radius 2 is 1.57 bits per heavy atom. The highest BCUT2D eigenvalue weighted by atomic mass is 14.3. The lowest BCUT2D eigenvalue weighted by molar-refractivity contribution is 0.164. The van der Waals surface area contributed by atoms with Crippen molar-refractivity contribution >= 4 is 0 Å². The molecule has 0 aromatic rings. The number of unbranched alkanes of at least 4 members (excludes halogenated alkanes) is 1. The standard InChI is InChI=1S/C14H30/c1-7-8-10-14(6,13(4)5)11-9-12(2)3/h12-13H,7-11H2,1-6H3. The van der Waals surface area contributed by atoms with Gasteiger partial charge < -0.3 is 0 Å². The van der Waals surface area contributed by atoms with Crippen LogP contribution in [0.25, 0.3) is 0 Å². The molecule has 0 heteroatoms. The van der Waals surface area contributed by atoms with E-state index in [-0.39, 0.29) is 0 Å². The summed E-state index contributed by atoms with van der Waals surface area (Å²) in [6.07, 6.45) is 6.94. The van der Waals surface area contributed by atoms with Gasteiger partial charge in [-0.2, -0.15) is 0 Å². The Kier molecular flexibility index (Phi) is 6.48. The zero-order valence-electron chi connectivity index (χ0n) is 11.2. The van der Waals surface area contributed by atoms with Gasteiger partial charge in [0.05, 0.1) is 0 Å². The molecule has 1 unspecified atom stereocenters. The Labute approximate surface area is 91.5 Å². The van der Waals surface area contributed by atoms with Gasteiger partial charge in [0.25, 0.3) is 0 Å². The third-order valence-electron chi connectivity index (χ3n) is 3.79. The lowest BCUT2D eigenvalue weighted by atomic mass is 9.71. The lowest BCUT2D eigenvalue weighted by Gasteiger charge is -2.34. The van der Waals surface area contributed by atoms with E-state index in [0.717, 1.165) is 11.8 Å². The third-order valence-corrected chi connectivity index (χ3v) is 3.79. The largest absolute Gasteiger partial charge is 0.0654 e. The van der Waals surface area contributed by atoms with Crippen LogP contribution in [0.5, 0.6) is 0 Å². The third kappa shape index (κ3) is 5.02. The summed E-state index contributed by atoms with van der Waals surface area (Å²) < 4.78 is 0. The molecule has 1 atom stereocenters. The van der Waals surface area contributed by atoms with E-state index < -0.39 is 0 Å². The minimum Gasteiger partial charge on any atom is -0.0654 e. The Hall–Kier alpha value is 0. The highest BCUT2D eigenvalue weighted by Gasteiger charge is 2.27. The lowest BCUT2D eigenvalue weighted by Crippen LogP contribution is -2.24. The highest BCUT2D eigenvalue weighted by Crippen LogP contribution is 2.38.